The first-order valence-electron chi connectivity index (χ1n) is 4.07. The summed E-state index contributed by atoms with van der Waals surface area (Å²) < 4.78 is 5.33. The maximum absolute atomic E-state index is 8.50. The minimum Gasteiger partial charge on any atom is -0.492 e. The number of pyridine rings is 1. The number of rotatable bonds is 5. The molecule has 0 aliphatic carbocycles. The number of aliphatic hydroxyl groups is 1. The lowest BCUT2D eigenvalue weighted by Crippen LogP contribution is -1.98. The van der Waals surface area contributed by atoms with Crippen LogP contribution >= 0.6 is 0 Å². The van der Waals surface area contributed by atoms with Crippen LogP contribution in [0.3, 0.4) is 0 Å². The van der Waals surface area contributed by atoms with E-state index in [-0.39, 0.29) is 6.61 Å². The predicted octanol–water partition coefficient (Wildman–Crippen LogP) is 1.23. The van der Waals surface area contributed by atoms with Gasteiger partial charge in [-0.05, 0) is 25.0 Å². The first-order chi connectivity index (χ1) is 5.93. The quantitative estimate of drug-likeness (QED) is 0.671. The zero-order chi connectivity index (χ0) is 8.65. The lowest BCUT2D eigenvalue weighted by molar-refractivity contribution is 0.253. The number of aromatic nitrogens is 1. The van der Waals surface area contributed by atoms with E-state index in [1.165, 1.54) is 0 Å². The molecule has 0 aliphatic heterocycles. The van der Waals surface area contributed by atoms with E-state index in [0.29, 0.717) is 6.61 Å². The van der Waals surface area contributed by atoms with E-state index in [0.717, 1.165) is 18.6 Å². The molecule has 1 aromatic heterocycles. The highest BCUT2D eigenvalue weighted by Crippen LogP contribution is 2.06. The molecular formula is C9H13NO2. The Balaban J connectivity index is 2.16. The Morgan fingerprint density at radius 3 is 3.00 bits per heavy atom. The van der Waals surface area contributed by atoms with Crippen molar-refractivity contribution >= 4 is 0 Å². The van der Waals surface area contributed by atoms with Crippen LogP contribution in [0, 0.1) is 0 Å². The summed E-state index contributed by atoms with van der Waals surface area (Å²) in [6.45, 7) is 0.878. The van der Waals surface area contributed by atoms with Gasteiger partial charge in [0.25, 0.3) is 0 Å². The van der Waals surface area contributed by atoms with Crippen LogP contribution in [0.5, 0.6) is 5.75 Å². The van der Waals surface area contributed by atoms with Crippen LogP contribution in [-0.2, 0) is 0 Å². The summed E-state index contributed by atoms with van der Waals surface area (Å²) in [6.07, 6.45) is 5.06. The number of aliphatic hydroxyl groups excluding tert-OH is 1. The highest BCUT2D eigenvalue weighted by atomic mass is 16.5. The second kappa shape index (κ2) is 5.55. The smallest absolute Gasteiger partial charge is 0.137 e. The fourth-order valence-corrected chi connectivity index (χ4v) is 0.836. The van der Waals surface area contributed by atoms with Gasteiger partial charge in [-0.25, -0.2) is 0 Å². The van der Waals surface area contributed by atoms with Gasteiger partial charge in [0.1, 0.15) is 5.75 Å². The molecular weight excluding hydrogens is 154 g/mol. The lowest BCUT2D eigenvalue weighted by Gasteiger charge is -2.03. The van der Waals surface area contributed by atoms with E-state index >= 15 is 0 Å². The Morgan fingerprint density at radius 2 is 2.33 bits per heavy atom. The highest BCUT2D eigenvalue weighted by Gasteiger charge is 1.90. The molecule has 0 amide bonds. The molecule has 12 heavy (non-hydrogen) atoms. The zero-order valence-corrected chi connectivity index (χ0v) is 6.94. The molecule has 0 unspecified atom stereocenters. The topological polar surface area (TPSA) is 42.4 Å². The molecule has 3 nitrogen and oxygen atoms in total. The molecule has 0 aliphatic rings. The van der Waals surface area contributed by atoms with Gasteiger partial charge in [-0.2, -0.15) is 0 Å². The number of unbranched alkanes of at least 4 members (excludes halogenated alkanes) is 1. The number of hydrogen-bond donors (Lipinski definition) is 1. The molecule has 1 rings (SSSR count). The second-order valence-electron chi connectivity index (χ2n) is 2.47. The monoisotopic (exact) mass is 167 g/mol. The van der Waals surface area contributed by atoms with Gasteiger partial charge >= 0.3 is 0 Å². The molecule has 0 fully saturated rings. The SMILES string of the molecule is OCCCCOc1cccnc1. The van der Waals surface area contributed by atoms with Gasteiger partial charge in [0, 0.05) is 12.8 Å². The highest BCUT2D eigenvalue weighted by molar-refractivity contribution is 5.15. The van der Waals surface area contributed by atoms with E-state index in [1.54, 1.807) is 12.4 Å². The minimum atomic E-state index is 0.233. The minimum absolute atomic E-state index is 0.233. The average molecular weight is 167 g/mol. The second-order valence-corrected chi connectivity index (χ2v) is 2.47. The van der Waals surface area contributed by atoms with Gasteiger partial charge in [-0.15, -0.1) is 0 Å². The van der Waals surface area contributed by atoms with Gasteiger partial charge in [0.2, 0.25) is 0 Å². The number of ether oxygens (including phenoxy) is 1. The van der Waals surface area contributed by atoms with Crippen molar-refractivity contribution in [2.45, 2.75) is 12.8 Å². The van der Waals surface area contributed by atoms with Crippen molar-refractivity contribution in [1.82, 2.24) is 4.98 Å². The third-order valence-corrected chi connectivity index (χ3v) is 1.46. The lowest BCUT2D eigenvalue weighted by atomic mass is 10.3. The molecule has 0 aromatic carbocycles. The zero-order valence-electron chi connectivity index (χ0n) is 6.94. The summed E-state index contributed by atoms with van der Waals surface area (Å²) in [4.78, 5) is 3.91. The standard InChI is InChI=1S/C9H13NO2/c11-6-1-2-7-12-9-4-3-5-10-8-9/h3-5,8,11H,1-2,6-7H2. The third-order valence-electron chi connectivity index (χ3n) is 1.46. The molecule has 1 heterocycles. The number of hydrogen-bond acceptors (Lipinski definition) is 3. The summed E-state index contributed by atoms with van der Waals surface area (Å²) in [5.74, 6) is 0.787. The average Bonchev–Trinajstić information content (AvgIpc) is 2.14. The molecule has 0 radical (unpaired) electrons. The van der Waals surface area contributed by atoms with Crippen LogP contribution in [0.15, 0.2) is 24.5 Å². The van der Waals surface area contributed by atoms with Crippen LogP contribution in [0.1, 0.15) is 12.8 Å². The van der Waals surface area contributed by atoms with Crippen molar-refractivity contribution in [3.63, 3.8) is 0 Å². The Hall–Kier alpha value is -1.09. The van der Waals surface area contributed by atoms with Crippen molar-refractivity contribution in [2.75, 3.05) is 13.2 Å². The summed E-state index contributed by atoms with van der Waals surface area (Å²) in [7, 11) is 0. The fraction of sp³-hybridized carbons (Fsp3) is 0.444. The van der Waals surface area contributed by atoms with E-state index in [1.807, 2.05) is 12.1 Å². The van der Waals surface area contributed by atoms with E-state index in [9.17, 15) is 0 Å². The van der Waals surface area contributed by atoms with Gasteiger partial charge in [-0.1, -0.05) is 0 Å². The van der Waals surface area contributed by atoms with E-state index < -0.39 is 0 Å². The summed E-state index contributed by atoms with van der Waals surface area (Å²) >= 11 is 0. The number of nitrogens with zero attached hydrogens (tertiary/aromatic N) is 1. The molecule has 0 atom stereocenters. The summed E-state index contributed by atoms with van der Waals surface area (Å²) in [5, 5.41) is 8.50. The molecule has 1 aromatic rings. The van der Waals surface area contributed by atoms with Crippen LogP contribution in [0.25, 0.3) is 0 Å². The largest absolute Gasteiger partial charge is 0.492 e. The molecule has 0 bridgehead atoms. The van der Waals surface area contributed by atoms with Crippen LogP contribution in [0.2, 0.25) is 0 Å². The Labute approximate surface area is 72.0 Å². The predicted molar refractivity (Wildman–Crippen MR) is 46.1 cm³/mol. The van der Waals surface area contributed by atoms with E-state index in [2.05, 4.69) is 4.98 Å². The van der Waals surface area contributed by atoms with Gasteiger partial charge in [0.15, 0.2) is 0 Å². The molecule has 3 heteroatoms. The van der Waals surface area contributed by atoms with Crippen molar-refractivity contribution in [3.05, 3.63) is 24.5 Å². The Kier molecular flexibility index (Phi) is 4.16. The normalized spacial score (nSPS) is 9.75. The van der Waals surface area contributed by atoms with Crippen molar-refractivity contribution in [2.24, 2.45) is 0 Å². The van der Waals surface area contributed by atoms with Crippen LogP contribution in [-0.4, -0.2) is 23.3 Å². The van der Waals surface area contributed by atoms with E-state index in [4.69, 9.17) is 9.84 Å². The summed E-state index contributed by atoms with van der Waals surface area (Å²) in [5.41, 5.74) is 0. The fourth-order valence-electron chi connectivity index (χ4n) is 0.836. The molecule has 0 saturated carbocycles. The first kappa shape index (κ1) is 9.00. The molecule has 1 N–H and O–H groups in total. The third kappa shape index (κ3) is 3.34. The van der Waals surface area contributed by atoms with Gasteiger partial charge in [-0.3, -0.25) is 4.98 Å². The van der Waals surface area contributed by atoms with Crippen molar-refractivity contribution < 1.29 is 9.84 Å². The van der Waals surface area contributed by atoms with Crippen LogP contribution < -0.4 is 4.74 Å². The van der Waals surface area contributed by atoms with Gasteiger partial charge in [0.05, 0.1) is 12.8 Å². The molecule has 0 saturated heterocycles. The Bertz CT molecular complexity index is 201. The maximum Gasteiger partial charge on any atom is 0.137 e. The first-order valence-corrected chi connectivity index (χ1v) is 4.07. The molecule has 0 spiro atoms. The Morgan fingerprint density at radius 1 is 1.42 bits per heavy atom. The van der Waals surface area contributed by atoms with Crippen LogP contribution in [0.4, 0.5) is 0 Å². The molecule has 66 valence electrons. The summed E-state index contributed by atoms with van der Waals surface area (Å²) in [6, 6.07) is 3.70. The maximum atomic E-state index is 8.50. The van der Waals surface area contributed by atoms with Crippen molar-refractivity contribution in [1.29, 1.82) is 0 Å². The van der Waals surface area contributed by atoms with Crippen molar-refractivity contribution in [3.8, 4) is 5.75 Å². The van der Waals surface area contributed by atoms with Gasteiger partial charge < -0.3 is 9.84 Å².